The summed E-state index contributed by atoms with van der Waals surface area (Å²) in [5, 5.41) is 7.55. The van der Waals surface area contributed by atoms with Crippen LogP contribution in [-0.4, -0.2) is 24.5 Å². The smallest absolute Gasteiger partial charge is 0.229 e. The third-order valence-corrected chi connectivity index (χ3v) is 3.49. The summed E-state index contributed by atoms with van der Waals surface area (Å²) in [6.45, 7) is 3.64. The van der Waals surface area contributed by atoms with Crippen molar-refractivity contribution in [3.8, 4) is 0 Å². The lowest BCUT2D eigenvalue weighted by molar-refractivity contribution is 0.578. The summed E-state index contributed by atoms with van der Waals surface area (Å²) in [4.78, 5) is 0. The van der Waals surface area contributed by atoms with Crippen molar-refractivity contribution in [2.75, 3.05) is 16.3 Å². The predicted octanol–water partition coefficient (Wildman–Crippen LogP) is 2.28. The van der Waals surface area contributed by atoms with E-state index in [2.05, 4.69) is 22.1 Å². The van der Waals surface area contributed by atoms with Gasteiger partial charge in [-0.15, -0.1) is 0 Å². The lowest BCUT2D eigenvalue weighted by Crippen LogP contribution is -2.11. The molecule has 0 amide bonds. The molecule has 0 fully saturated rings. The zero-order valence-corrected chi connectivity index (χ0v) is 13.0. The highest BCUT2D eigenvalue weighted by Crippen LogP contribution is 2.17. The molecule has 1 aromatic heterocycles. The minimum atomic E-state index is -3.26. The molecule has 0 saturated heterocycles. The summed E-state index contributed by atoms with van der Waals surface area (Å²) in [7, 11) is -3.26. The molecule has 2 aromatic rings. The van der Waals surface area contributed by atoms with Gasteiger partial charge in [-0.25, -0.2) is 8.42 Å². The van der Waals surface area contributed by atoms with Gasteiger partial charge >= 0.3 is 0 Å². The summed E-state index contributed by atoms with van der Waals surface area (Å²) in [6, 6.07) is 9.16. The highest BCUT2D eigenvalue weighted by Gasteiger charge is 2.04. The van der Waals surface area contributed by atoms with Crippen LogP contribution < -0.4 is 10.0 Å². The van der Waals surface area contributed by atoms with Gasteiger partial charge in [0.1, 0.15) is 0 Å². The van der Waals surface area contributed by atoms with Crippen LogP contribution in [-0.2, 0) is 23.1 Å². The van der Waals surface area contributed by atoms with Gasteiger partial charge in [-0.3, -0.25) is 9.40 Å². The lowest BCUT2D eigenvalue weighted by Gasteiger charge is -2.10. The first-order valence-electron chi connectivity index (χ1n) is 6.80. The molecule has 0 unspecified atom stereocenters. The van der Waals surface area contributed by atoms with Crippen molar-refractivity contribution in [1.82, 2.24) is 9.78 Å². The second-order valence-corrected chi connectivity index (χ2v) is 6.60. The van der Waals surface area contributed by atoms with Crippen LogP contribution >= 0.6 is 0 Å². The summed E-state index contributed by atoms with van der Waals surface area (Å²) in [5.74, 6) is 0. The van der Waals surface area contributed by atoms with E-state index < -0.39 is 10.0 Å². The number of sulfonamides is 1. The Labute approximate surface area is 125 Å². The van der Waals surface area contributed by atoms with E-state index in [4.69, 9.17) is 0 Å². The zero-order valence-electron chi connectivity index (χ0n) is 12.2. The maximum atomic E-state index is 11.2. The largest absolute Gasteiger partial charge is 0.379 e. The molecule has 0 aliphatic carbocycles. The van der Waals surface area contributed by atoms with Gasteiger partial charge in [-0.2, -0.15) is 5.10 Å². The van der Waals surface area contributed by atoms with E-state index in [-0.39, 0.29) is 0 Å². The van der Waals surface area contributed by atoms with Gasteiger partial charge in [-0.05, 0) is 30.7 Å². The molecule has 114 valence electrons. The predicted molar refractivity (Wildman–Crippen MR) is 84.8 cm³/mol. The topological polar surface area (TPSA) is 76.0 Å². The second-order valence-electron chi connectivity index (χ2n) is 4.85. The number of hydrogen-bond acceptors (Lipinski definition) is 4. The molecule has 6 nitrogen and oxygen atoms in total. The molecule has 1 heterocycles. The molecule has 0 bridgehead atoms. The third-order valence-electron chi connectivity index (χ3n) is 2.88. The standard InChI is InChI=1S/C14H20N4O2S/c1-3-9-18-14(7-8-16-18)11-15-12-5-4-6-13(10-12)17-21(2,19)20/h4-8,10,15,17H,3,9,11H2,1-2H3. The normalized spacial score (nSPS) is 11.3. The van der Waals surface area contributed by atoms with E-state index in [9.17, 15) is 8.42 Å². The third kappa shape index (κ3) is 4.78. The first kappa shape index (κ1) is 15.4. The van der Waals surface area contributed by atoms with Gasteiger partial charge in [0.2, 0.25) is 10.0 Å². The molecule has 2 N–H and O–H groups in total. The van der Waals surface area contributed by atoms with Gasteiger partial charge in [0.25, 0.3) is 0 Å². The highest BCUT2D eigenvalue weighted by atomic mass is 32.2. The number of aromatic nitrogens is 2. The molecule has 0 radical (unpaired) electrons. The van der Waals surface area contributed by atoms with Gasteiger partial charge < -0.3 is 5.32 Å². The molecule has 2 rings (SSSR count). The fourth-order valence-corrected chi connectivity index (χ4v) is 2.58. The van der Waals surface area contributed by atoms with Gasteiger partial charge in [-0.1, -0.05) is 13.0 Å². The summed E-state index contributed by atoms with van der Waals surface area (Å²) in [6.07, 6.45) is 3.95. The molecule has 21 heavy (non-hydrogen) atoms. The lowest BCUT2D eigenvalue weighted by atomic mass is 10.3. The Hall–Kier alpha value is -2.02. The Morgan fingerprint density at radius 2 is 2.00 bits per heavy atom. The van der Waals surface area contributed by atoms with Crippen LogP contribution in [0.4, 0.5) is 11.4 Å². The van der Waals surface area contributed by atoms with Crippen LogP contribution in [0.25, 0.3) is 0 Å². The maximum Gasteiger partial charge on any atom is 0.229 e. The fourth-order valence-electron chi connectivity index (χ4n) is 2.02. The van der Waals surface area contributed by atoms with Crippen molar-refractivity contribution in [3.63, 3.8) is 0 Å². The molecular formula is C14H20N4O2S. The molecule has 7 heteroatoms. The molecule has 0 atom stereocenters. The molecule has 0 spiro atoms. The Bertz CT molecular complexity index is 695. The Kier molecular flexibility index (Phi) is 4.85. The van der Waals surface area contributed by atoms with Crippen LogP contribution in [0.15, 0.2) is 36.5 Å². The van der Waals surface area contributed by atoms with E-state index in [0.29, 0.717) is 12.2 Å². The van der Waals surface area contributed by atoms with E-state index in [1.165, 1.54) is 0 Å². The summed E-state index contributed by atoms with van der Waals surface area (Å²) in [5.41, 5.74) is 2.50. The Balaban J connectivity index is 2.03. The van der Waals surface area contributed by atoms with Crippen molar-refractivity contribution in [1.29, 1.82) is 0 Å². The minimum absolute atomic E-state index is 0.546. The van der Waals surface area contributed by atoms with Crippen molar-refractivity contribution >= 4 is 21.4 Å². The van der Waals surface area contributed by atoms with Crippen LogP contribution in [0, 0.1) is 0 Å². The van der Waals surface area contributed by atoms with Gasteiger partial charge in [0.05, 0.1) is 24.2 Å². The monoisotopic (exact) mass is 308 g/mol. The first-order valence-corrected chi connectivity index (χ1v) is 8.69. The van der Waals surface area contributed by atoms with Crippen molar-refractivity contribution in [3.05, 3.63) is 42.2 Å². The Morgan fingerprint density at radius 1 is 1.24 bits per heavy atom. The van der Waals surface area contributed by atoms with Crippen LogP contribution in [0.5, 0.6) is 0 Å². The molecular weight excluding hydrogens is 288 g/mol. The van der Waals surface area contributed by atoms with Crippen LogP contribution in [0.3, 0.4) is 0 Å². The number of hydrogen-bond donors (Lipinski definition) is 2. The fraction of sp³-hybridized carbons (Fsp3) is 0.357. The quantitative estimate of drug-likeness (QED) is 0.823. The van der Waals surface area contributed by atoms with E-state index >= 15 is 0 Å². The number of rotatable bonds is 7. The SMILES string of the molecule is CCCn1nccc1CNc1cccc(NS(C)(=O)=O)c1. The van der Waals surface area contributed by atoms with E-state index in [1.807, 2.05) is 16.8 Å². The van der Waals surface area contributed by atoms with Crippen molar-refractivity contribution in [2.45, 2.75) is 26.4 Å². The minimum Gasteiger partial charge on any atom is -0.379 e. The zero-order chi connectivity index (χ0) is 15.3. The highest BCUT2D eigenvalue weighted by molar-refractivity contribution is 7.92. The molecule has 0 saturated carbocycles. The Morgan fingerprint density at radius 3 is 2.71 bits per heavy atom. The molecule has 0 aliphatic heterocycles. The van der Waals surface area contributed by atoms with E-state index in [0.717, 1.165) is 30.6 Å². The number of aryl methyl sites for hydroxylation is 1. The number of nitrogens with one attached hydrogen (secondary N) is 2. The summed E-state index contributed by atoms with van der Waals surface area (Å²) >= 11 is 0. The van der Waals surface area contributed by atoms with Gasteiger partial charge in [0.15, 0.2) is 0 Å². The van der Waals surface area contributed by atoms with Crippen LogP contribution in [0.1, 0.15) is 19.0 Å². The van der Waals surface area contributed by atoms with Crippen molar-refractivity contribution < 1.29 is 8.42 Å². The first-order chi connectivity index (χ1) is 9.98. The van der Waals surface area contributed by atoms with Crippen molar-refractivity contribution in [2.24, 2.45) is 0 Å². The second kappa shape index (κ2) is 6.62. The average Bonchev–Trinajstić information content (AvgIpc) is 2.83. The van der Waals surface area contributed by atoms with Crippen LogP contribution in [0.2, 0.25) is 0 Å². The number of nitrogens with zero attached hydrogens (tertiary/aromatic N) is 2. The van der Waals surface area contributed by atoms with E-state index in [1.54, 1.807) is 24.4 Å². The maximum absolute atomic E-state index is 11.2. The van der Waals surface area contributed by atoms with Gasteiger partial charge in [0, 0.05) is 18.4 Å². The summed E-state index contributed by atoms with van der Waals surface area (Å²) < 4.78 is 26.9. The average molecular weight is 308 g/mol. The number of anilines is 2. The molecule has 0 aliphatic rings. The number of benzene rings is 1. The molecule has 1 aromatic carbocycles.